The van der Waals surface area contributed by atoms with Gasteiger partial charge in [0.25, 0.3) is 0 Å². The molecule has 0 aromatic carbocycles. The van der Waals surface area contributed by atoms with E-state index in [0.717, 1.165) is 31.5 Å². The van der Waals surface area contributed by atoms with Gasteiger partial charge in [-0.2, -0.15) is 0 Å². The van der Waals surface area contributed by atoms with Gasteiger partial charge in [-0.15, -0.1) is 0 Å². The molecule has 0 spiro atoms. The molecule has 2 amide bonds. The molecule has 0 bridgehead atoms. The van der Waals surface area contributed by atoms with Gasteiger partial charge in [0.05, 0.1) is 6.61 Å². The molecule has 19 heavy (non-hydrogen) atoms. The molecule has 1 fully saturated rings. The summed E-state index contributed by atoms with van der Waals surface area (Å²) in [7, 11) is 1.63. The van der Waals surface area contributed by atoms with Crippen LogP contribution in [0.5, 0.6) is 0 Å². The van der Waals surface area contributed by atoms with Crippen LogP contribution in [-0.4, -0.2) is 56.9 Å². The lowest BCUT2D eigenvalue weighted by Gasteiger charge is -2.36. The van der Waals surface area contributed by atoms with E-state index in [1.54, 1.807) is 7.11 Å². The van der Waals surface area contributed by atoms with Crippen LogP contribution in [0.25, 0.3) is 0 Å². The minimum atomic E-state index is -0.109. The Kier molecular flexibility index (Phi) is 7.16. The minimum absolute atomic E-state index is 0.109. The fraction of sp³-hybridized carbons (Fsp3) is 0.929. The number of carbonyl (C=O) groups excluding carboxylic acids is 1. The summed E-state index contributed by atoms with van der Waals surface area (Å²) >= 11 is 0. The van der Waals surface area contributed by atoms with E-state index >= 15 is 0 Å². The van der Waals surface area contributed by atoms with E-state index in [9.17, 15) is 4.79 Å². The quantitative estimate of drug-likeness (QED) is 0.716. The van der Waals surface area contributed by atoms with Crippen LogP contribution in [-0.2, 0) is 4.74 Å². The number of nitrogens with zero attached hydrogens (tertiary/aromatic N) is 1. The zero-order chi connectivity index (χ0) is 14.3. The van der Waals surface area contributed by atoms with Crippen LogP contribution >= 0.6 is 0 Å². The Hall–Kier alpha value is -0.810. The summed E-state index contributed by atoms with van der Waals surface area (Å²) in [6.07, 6.45) is 1.32. The number of likely N-dealkylation sites (tertiary alicyclic amines) is 1. The van der Waals surface area contributed by atoms with Crippen LogP contribution in [0.2, 0.25) is 0 Å². The van der Waals surface area contributed by atoms with Crippen molar-refractivity contribution >= 4 is 6.03 Å². The zero-order valence-electron chi connectivity index (χ0n) is 12.7. The lowest BCUT2D eigenvalue weighted by atomic mass is 9.92. The molecule has 0 aromatic heterocycles. The van der Waals surface area contributed by atoms with Gasteiger partial charge in [-0.3, -0.25) is 0 Å². The average molecular weight is 271 g/mol. The van der Waals surface area contributed by atoms with Crippen LogP contribution in [0.15, 0.2) is 0 Å². The molecule has 0 saturated carbocycles. The standard InChI is InChI=1S/C14H29N3O2/c1-11-7-12(2)9-17(8-11)10-13(3)16-14(18)15-5-6-19-4/h11-13H,5-10H2,1-4H3,(H2,15,16,18). The van der Waals surface area contributed by atoms with E-state index in [1.807, 2.05) is 0 Å². The van der Waals surface area contributed by atoms with Crippen molar-refractivity contribution in [1.82, 2.24) is 15.5 Å². The number of carbonyl (C=O) groups is 1. The molecule has 5 heteroatoms. The van der Waals surface area contributed by atoms with Crippen molar-refractivity contribution in [3.8, 4) is 0 Å². The van der Waals surface area contributed by atoms with Crippen LogP contribution in [0, 0.1) is 11.8 Å². The predicted octanol–water partition coefficient (Wildman–Crippen LogP) is 1.30. The maximum absolute atomic E-state index is 11.6. The van der Waals surface area contributed by atoms with E-state index < -0.39 is 0 Å². The summed E-state index contributed by atoms with van der Waals surface area (Å²) < 4.78 is 4.89. The van der Waals surface area contributed by atoms with Crippen LogP contribution < -0.4 is 10.6 Å². The summed E-state index contributed by atoms with van der Waals surface area (Å²) in [6, 6.07) is 0.0581. The fourth-order valence-electron chi connectivity index (χ4n) is 2.92. The van der Waals surface area contributed by atoms with Gasteiger partial charge in [0.15, 0.2) is 0 Å². The minimum Gasteiger partial charge on any atom is -0.383 e. The maximum atomic E-state index is 11.6. The molecule has 0 aliphatic carbocycles. The van der Waals surface area contributed by atoms with E-state index in [4.69, 9.17) is 4.74 Å². The third-order valence-electron chi connectivity index (χ3n) is 3.45. The second kappa shape index (κ2) is 8.38. The summed E-state index contributed by atoms with van der Waals surface area (Å²) in [6.45, 7) is 11.0. The molecule has 1 heterocycles. The van der Waals surface area contributed by atoms with Gasteiger partial charge in [0.1, 0.15) is 0 Å². The van der Waals surface area contributed by atoms with Crippen molar-refractivity contribution in [2.75, 3.05) is 39.9 Å². The molecular formula is C14H29N3O2. The van der Waals surface area contributed by atoms with Gasteiger partial charge in [0.2, 0.25) is 0 Å². The number of methoxy groups -OCH3 is 1. The van der Waals surface area contributed by atoms with E-state index in [1.165, 1.54) is 6.42 Å². The molecule has 1 rings (SSSR count). The number of urea groups is 1. The summed E-state index contributed by atoms with van der Waals surface area (Å²) in [4.78, 5) is 14.1. The second-order valence-electron chi connectivity index (χ2n) is 5.96. The molecule has 0 aromatic rings. The number of amides is 2. The van der Waals surface area contributed by atoms with Gasteiger partial charge in [-0.25, -0.2) is 4.79 Å². The zero-order valence-corrected chi connectivity index (χ0v) is 12.7. The Labute approximate surface area is 117 Å². The van der Waals surface area contributed by atoms with Crippen molar-refractivity contribution in [3.05, 3.63) is 0 Å². The van der Waals surface area contributed by atoms with Crippen molar-refractivity contribution in [1.29, 1.82) is 0 Å². The van der Waals surface area contributed by atoms with Crippen LogP contribution in [0.4, 0.5) is 4.79 Å². The SMILES string of the molecule is COCCNC(=O)NC(C)CN1CC(C)CC(C)C1. The number of hydrogen-bond donors (Lipinski definition) is 2. The molecule has 3 atom stereocenters. The summed E-state index contributed by atoms with van der Waals surface area (Å²) in [5.41, 5.74) is 0. The van der Waals surface area contributed by atoms with Crippen LogP contribution in [0.3, 0.4) is 0 Å². The molecule has 0 radical (unpaired) electrons. The molecule has 112 valence electrons. The highest BCUT2D eigenvalue weighted by Gasteiger charge is 2.23. The maximum Gasteiger partial charge on any atom is 0.315 e. The van der Waals surface area contributed by atoms with E-state index in [2.05, 4.69) is 36.3 Å². The number of hydrogen-bond acceptors (Lipinski definition) is 3. The molecule has 1 aliphatic rings. The number of piperidine rings is 1. The molecule has 2 N–H and O–H groups in total. The van der Waals surface area contributed by atoms with Gasteiger partial charge < -0.3 is 20.3 Å². The lowest BCUT2D eigenvalue weighted by molar-refractivity contribution is 0.131. The molecule has 1 aliphatic heterocycles. The Morgan fingerprint density at radius 3 is 2.58 bits per heavy atom. The number of nitrogens with one attached hydrogen (secondary N) is 2. The van der Waals surface area contributed by atoms with Gasteiger partial charge >= 0.3 is 6.03 Å². The topological polar surface area (TPSA) is 53.6 Å². The van der Waals surface area contributed by atoms with Crippen molar-refractivity contribution < 1.29 is 9.53 Å². The molecule has 3 unspecified atom stereocenters. The van der Waals surface area contributed by atoms with Crippen molar-refractivity contribution in [2.45, 2.75) is 33.2 Å². The Balaban J connectivity index is 2.22. The first kappa shape index (κ1) is 16.2. The first-order chi connectivity index (χ1) is 9.01. The third kappa shape index (κ3) is 6.78. The van der Waals surface area contributed by atoms with Crippen LogP contribution in [0.1, 0.15) is 27.2 Å². The van der Waals surface area contributed by atoms with Gasteiger partial charge in [-0.1, -0.05) is 13.8 Å². The highest BCUT2D eigenvalue weighted by molar-refractivity contribution is 5.74. The van der Waals surface area contributed by atoms with E-state index in [-0.39, 0.29) is 12.1 Å². The Morgan fingerprint density at radius 1 is 1.37 bits per heavy atom. The van der Waals surface area contributed by atoms with Gasteiger partial charge in [0, 0.05) is 39.3 Å². The average Bonchev–Trinajstić information content (AvgIpc) is 2.27. The molecule has 5 nitrogen and oxygen atoms in total. The normalized spacial score (nSPS) is 25.9. The summed E-state index contributed by atoms with van der Waals surface area (Å²) in [5, 5.41) is 5.74. The molecular weight excluding hydrogens is 242 g/mol. The number of rotatable bonds is 6. The first-order valence-electron chi connectivity index (χ1n) is 7.27. The van der Waals surface area contributed by atoms with E-state index in [0.29, 0.717) is 13.2 Å². The first-order valence-corrected chi connectivity index (χ1v) is 7.27. The molecule has 1 saturated heterocycles. The monoisotopic (exact) mass is 271 g/mol. The Morgan fingerprint density at radius 2 is 2.00 bits per heavy atom. The number of ether oxygens (including phenoxy) is 1. The smallest absolute Gasteiger partial charge is 0.315 e. The van der Waals surface area contributed by atoms with Gasteiger partial charge in [-0.05, 0) is 25.2 Å². The lowest BCUT2D eigenvalue weighted by Crippen LogP contribution is -2.49. The second-order valence-corrected chi connectivity index (χ2v) is 5.96. The fourth-order valence-corrected chi connectivity index (χ4v) is 2.92. The summed E-state index contributed by atoms with van der Waals surface area (Å²) in [5.74, 6) is 1.51. The predicted molar refractivity (Wildman–Crippen MR) is 77.3 cm³/mol. The largest absolute Gasteiger partial charge is 0.383 e. The van der Waals surface area contributed by atoms with Crippen molar-refractivity contribution in [2.24, 2.45) is 11.8 Å². The third-order valence-corrected chi connectivity index (χ3v) is 3.45. The highest BCUT2D eigenvalue weighted by Crippen LogP contribution is 2.20. The highest BCUT2D eigenvalue weighted by atomic mass is 16.5. The Bertz CT molecular complexity index is 263. The van der Waals surface area contributed by atoms with Crippen molar-refractivity contribution in [3.63, 3.8) is 0 Å².